The third-order valence-electron chi connectivity index (χ3n) is 2.39. The molecule has 1 unspecified atom stereocenters. The summed E-state index contributed by atoms with van der Waals surface area (Å²) < 4.78 is 0. The Balaban J connectivity index is 1.86. The minimum Gasteiger partial charge on any atom is -0.303 e. The second-order valence-corrected chi connectivity index (χ2v) is 6.47. The van der Waals surface area contributed by atoms with Crippen LogP contribution in [0.25, 0.3) is 0 Å². The average molecular weight is 293 g/mol. The van der Waals surface area contributed by atoms with E-state index in [9.17, 15) is 4.79 Å². The molecule has 1 atom stereocenters. The number of benzene rings is 1. The molecule has 1 saturated heterocycles. The molecule has 0 aliphatic carbocycles. The molecule has 6 heteroatoms. The molecular weight excluding hydrogens is 278 g/mol. The van der Waals surface area contributed by atoms with Crippen LogP contribution in [-0.4, -0.2) is 27.8 Å². The minimum atomic E-state index is -0.0760. The monoisotopic (exact) mass is 293 g/mol. The van der Waals surface area contributed by atoms with E-state index in [1.807, 2.05) is 32.0 Å². The van der Waals surface area contributed by atoms with E-state index in [-0.39, 0.29) is 11.2 Å². The van der Waals surface area contributed by atoms with Gasteiger partial charge in [0.2, 0.25) is 5.91 Å². The first-order valence-electron chi connectivity index (χ1n) is 5.91. The predicted molar refractivity (Wildman–Crippen MR) is 82.9 cm³/mol. The van der Waals surface area contributed by atoms with Crippen LogP contribution in [0.5, 0.6) is 0 Å². The Bertz CT molecular complexity index is 514. The standard InChI is InChI=1S/C13H15N3OS2/c1-9(8-18-11-6-4-3-5-7-11)15-16-13-14-12(17)10(2)19-13/h3-7,10H,8H2,1-2H3,(H,14,16,17)/b15-9+. The van der Waals surface area contributed by atoms with Crippen molar-refractivity contribution >= 4 is 40.3 Å². The largest absolute Gasteiger partial charge is 0.303 e. The fraction of sp³-hybridized carbons (Fsp3) is 0.308. The topological polar surface area (TPSA) is 53.8 Å². The normalized spacial score (nSPS) is 21.8. The average Bonchev–Trinajstić information content (AvgIpc) is 2.74. The smallest absolute Gasteiger partial charge is 0.239 e. The summed E-state index contributed by atoms with van der Waals surface area (Å²) in [7, 11) is 0. The Morgan fingerprint density at radius 2 is 2.16 bits per heavy atom. The summed E-state index contributed by atoms with van der Waals surface area (Å²) in [6, 6.07) is 10.2. The van der Waals surface area contributed by atoms with E-state index in [1.54, 1.807) is 11.8 Å². The number of amidine groups is 1. The number of rotatable bonds is 4. The molecule has 0 saturated carbocycles. The maximum Gasteiger partial charge on any atom is 0.239 e. The van der Waals surface area contributed by atoms with E-state index in [2.05, 4.69) is 27.7 Å². The number of thioether (sulfide) groups is 2. The van der Waals surface area contributed by atoms with Crippen LogP contribution < -0.4 is 5.32 Å². The van der Waals surface area contributed by atoms with Crippen LogP contribution >= 0.6 is 23.5 Å². The molecule has 1 aliphatic rings. The van der Waals surface area contributed by atoms with E-state index < -0.39 is 0 Å². The highest BCUT2D eigenvalue weighted by Gasteiger charge is 2.25. The van der Waals surface area contributed by atoms with Gasteiger partial charge in [-0.15, -0.1) is 16.9 Å². The minimum absolute atomic E-state index is 0.00439. The Morgan fingerprint density at radius 1 is 1.42 bits per heavy atom. The molecule has 19 heavy (non-hydrogen) atoms. The first kappa shape index (κ1) is 14.1. The Hall–Kier alpha value is -1.27. The zero-order valence-corrected chi connectivity index (χ0v) is 12.4. The molecule has 0 spiro atoms. The summed E-state index contributed by atoms with van der Waals surface area (Å²) in [5.74, 6) is 0.782. The predicted octanol–water partition coefficient (Wildman–Crippen LogP) is 2.76. The number of hydrogen-bond acceptors (Lipinski definition) is 5. The van der Waals surface area contributed by atoms with E-state index in [4.69, 9.17) is 0 Å². The number of nitrogens with one attached hydrogen (secondary N) is 1. The van der Waals surface area contributed by atoms with Crippen LogP contribution in [0.4, 0.5) is 0 Å². The lowest BCUT2D eigenvalue weighted by Gasteiger charge is -1.99. The first-order chi connectivity index (χ1) is 9.15. The van der Waals surface area contributed by atoms with Gasteiger partial charge in [-0.3, -0.25) is 4.79 Å². The molecule has 1 N–H and O–H groups in total. The van der Waals surface area contributed by atoms with Gasteiger partial charge in [0.1, 0.15) is 0 Å². The molecule has 4 nitrogen and oxygen atoms in total. The van der Waals surface area contributed by atoms with Gasteiger partial charge >= 0.3 is 0 Å². The maximum absolute atomic E-state index is 11.3. The molecule has 1 aromatic carbocycles. The Kier molecular flexibility index (Phi) is 5.04. The molecule has 1 amide bonds. The maximum atomic E-state index is 11.3. The summed E-state index contributed by atoms with van der Waals surface area (Å²) in [6.45, 7) is 3.79. The lowest BCUT2D eigenvalue weighted by atomic mass is 10.4. The molecule has 1 aromatic rings. The number of carbonyl (C=O) groups excluding carboxylic acids is 1. The second-order valence-electron chi connectivity index (χ2n) is 4.09. The van der Waals surface area contributed by atoms with E-state index in [0.29, 0.717) is 5.17 Å². The molecule has 100 valence electrons. The molecule has 1 heterocycles. The quantitative estimate of drug-likeness (QED) is 0.527. The first-order valence-corrected chi connectivity index (χ1v) is 7.78. The number of nitrogens with zero attached hydrogens (tertiary/aromatic N) is 2. The second kappa shape index (κ2) is 6.77. The van der Waals surface area contributed by atoms with Gasteiger partial charge in [0.15, 0.2) is 5.17 Å². The molecule has 1 aliphatic heterocycles. The van der Waals surface area contributed by atoms with Crippen molar-refractivity contribution in [2.75, 3.05) is 5.75 Å². The van der Waals surface area contributed by atoms with E-state index in [0.717, 1.165) is 11.5 Å². The fourth-order valence-electron chi connectivity index (χ4n) is 1.37. The van der Waals surface area contributed by atoms with Crippen molar-refractivity contribution in [2.45, 2.75) is 24.0 Å². The van der Waals surface area contributed by atoms with Gasteiger partial charge in [0.25, 0.3) is 0 Å². The summed E-state index contributed by atoms with van der Waals surface area (Å²) in [4.78, 5) is 12.5. The molecule has 1 fully saturated rings. The lowest BCUT2D eigenvalue weighted by molar-refractivity contribution is -0.118. The van der Waals surface area contributed by atoms with Crippen LogP contribution in [0, 0.1) is 0 Å². The Morgan fingerprint density at radius 3 is 2.79 bits per heavy atom. The molecule has 0 aromatic heterocycles. The van der Waals surface area contributed by atoms with Crippen molar-refractivity contribution in [3.05, 3.63) is 30.3 Å². The summed E-state index contributed by atoms with van der Waals surface area (Å²) in [6.07, 6.45) is 0. The van der Waals surface area contributed by atoms with Crippen molar-refractivity contribution in [3.8, 4) is 0 Å². The van der Waals surface area contributed by atoms with Gasteiger partial charge < -0.3 is 5.32 Å². The van der Waals surface area contributed by atoms with Crippen molar-refractivity contribution < 1.29 is 4.79 Å². The summed E-state index contributed by atoms with van der Waals surface area (Å²) in [5, 5.41) is 11.4. The lowest BCUT2D eigenvalue weighted by Crippen LogP contribution is -2.23. The summed E-state index contributed by atoms with van der Waals surface area (Å²) >= 11 is 3.12. The van der Waals surface area contributed by atoms with Crippen molar-refractivity contribution in [3.63, 3.8) is 0 Å². The number of amides is 1. The summed E-state index contributed by atoms with van der Waals surface area (Å²) in [5.41, 5.74) is 0.927. The van der Waals surface area contributed by atoms with Gasteiger partial charge in [0.05, 0.1) is 5.25 Å². The molecule has 0 bridgehead atoms. The third-order valence-corrected chi connectivity index (χ3v) is 4.53. The van der Waals surface area contributed by atoms with E-state index in [1.165, 1.54) is 16.7 Å². The van der Waals surface area contributed by atoms with Crippen LogP contribution in [0.15, 0.2) is 45.4 Å². The fourth-order valence-corrected chi connectivity index (χ4v) is 2.90. The third kappa shape index (κ3) is 4.40. The van der Waals surface area contributed by atoms with Crippen LogP contribution in [-0.2, 0) is 4.79 Å². The highest BCUT2D eigenvalue weighted by molar-refractivity contribution is 8.15. The van der Waals surface area contributed by atoms with Gasteiger partial charge in [-0.2, -0.15) is 5.10 Å². The molecule has 0 radical (unpaired) electrons. The zero-order valence-electron chi connectivity index (χ0n) is 10.8. The van der Waals surface area contributed by atoms with Crippen molar-refractivity contribution in [2.24, 2.45) is 10.2 Å². The Labute approximate surface area is 121 Å². The molecule has 2 rings (SSSR count). The van der Waals surface area contributed by atoms with Gasteiger partial charge in [-0.25, -0.2) is 0 Å². The highest BCUT2D eigenvalue weighted by atomic mass is 32.2. The number of hydrogen-bond donors (Lipinski definition) is 1. The van der Waals surface area contributed by atoms with Crippen LogP contribution in [0.2, 0.25) is 0 Å². The van der Waals surface area contributed by atoms with Gasteiger partial charge in [0, 0.05) is 16.4 Å². The van der Waals surface area contributed by atoms with Crippen molar-refractivity contribution in [1.82, 2.24) is 5.32 Å². The van der Waals surface area contributed by atoms with Crippen LogP contribution in [0.3, 0.4) is 0 Å². The molecular formula is C13H15N3OS2. The SMILES string of the molecule is C/C(CSc1ccccc1)=N\N=C1\NC(=O)C(C)S1. The van der Waals surface area contributed by atoms with Crippen molar-refractivity contribution in [1.29, 1.82) is 0 Å². The van der Waals surface area contributed by atoms with Gasteiger partial charge in [-0.1, -0.05) is 30.0 Å². The van der Waals surface area contributed by atoms with Crippen LogP contribution in [0.1, 0.15) is 13.8 Å². The highest BCUT2D eigenvalue weighted by Crippen LogP contribution is 2.19. The van der Waals surface area contributed by atoms with E-state index >= 15 is 0 Å². The van der Waals surface area contributed by atoms with Gasteiger partial charge in [-0.05, 0) is 26.0 Å². The zero-order chi connectivity index (χ0) is 13.7. The number of carbonyl (C=O) groups is 1.